The van der Waals surface area contributed by atoms with E-state index in [-0.39, 0.29) is 12.4 Å². The molecule has 0 aromatic heterocycles. The van der Waals surface area contributed by atoms with Gasteiger partial charge < -0.3 is 16.9 Å². The molecule has 0 fully saturated rings. The molecule has 0 rings (SSSR count). The summed E-state index contributed by atoms with van der Waals surface area (Å²) >= 11 is 0. The highest BCUT2D eigenvalue weighted by atomic mass is 35.5. The van der Waals surface area contributed by atoms with E-state index in [1.807, 2.05) is 0 Å². The Kier molecular flexibility index (Phi) is 24.6. The maximum absolute atomic E-state index is 2.36. The van der Waals surface area contributed by atoms with Gasteiger partial charge in [-0.1, -0.05) is 116 Å². The van der Waals surface area contributed by atoms with Crippen LogP contribution in [-0.4, -0.2) is 31.7 Å². The zero-order chi connectivity index (χ0) is 19.3. The molecule has 166 valence electrons. The summed E-state index contributed by atoms with van der Waals surface area (Å²) in [7, 11) is 4.71. The Bertz CT molecular complexity index is 265. The minimum absolute atomic E-state index is 0. The zero-order valence-electron chi connectivity index (χ0n) is 19.7. The molecule has 0 bridgehead atoms. The number of unbranched alkanes of at least 4 members (excludes halogenated alkanes) is 18. The summed E-state index contributed by atoms with van der Waals surface area (Å²) in [4.78, 5) is 0. The van der Waals surface area contributed by atoms with Crippen molar-refractivity contribution in [1.82, 2.24) is 0 Å². The van der Waals surface area contributed by atoms with Crippen molar-refractivity contribution >= 4 is 0 Å². The number of halogens is 1. The topological polar surface area (TPSA) is 0 Å². The van der Waals surface area contributed by atoms with Crippen LogP contribution in [0.5, 0.6) is 0 Å². The lowest BCUT2D eigenvalue weighted by molar-refractivity contribution is -0.888. The molecule has 0 atom stereocenters. The molecule has 0 aromatic carbocycles. The first-order valence-electron chi connectivity index (χ1n) is 12.4. The fourth-order valence-electron chi connectivity index (χ4n) is 3.78. The van der Waals surface area contributed by atoms with Crippen molar-refractivity contribution < 1.29 is 16.9 Å². The lowest BCUT2D eigenvalue weighted by Gasteiger charge is -2.28. The lowest BCUT2D eigenvalue weighted by atomic mass is 10.0. The van der Waals surface area contributed by atoms with Gasteiger partial charge in [-0.3, -0.25) is 0 Å². The zero-order valence-corrected chi connectivity index (χ0v) is 20.4. The van der Waals surface area contributed by atoms with Gasteiger partial charge >= 0.3 is 0 Å². The van der Waals surface area contributed by atoms with Crippen molar-refractivity contribution in [3.05, 3.63) is 0 Å². The first-order chi connectivity index (χ1) is 12.6. The van der Waals surface area contributed by atoms with Crippen molar-refractivity contribution in [2.75, 3.05) is 27.2 Å². The monoisotopic (exact) mass is 403 g/mol. The van der Waals surface area contributed by atoms with Crippen LogP contribution in [0.25, 0.3) is 0 Å². The lowest BCUT2D eigenvalue weighted by Crippen LogP contribution is -3.00. The third-order valence-corrected chi connectivity index (χ3v) is 6.22. The highest BCUT2D eigenvalue weighted by molar-refractivity contribution is 4.50. The van der Waals surface area contributed by atoms with E-state index < -0.39 is 0 Å². The van der Waals surface area contributed by atoms with Crippen molar-refractivity contribution in [2.24, 2.45) is 0 Å². The minimum atomic E-state index is 0. The number of hydrogen-bond acceptors (Lipinski definition) is 0. The second-order valence-electron chi connectivity index (χ2n) is 9.34. The van der Waals surface area contributed by atoms with Crippen LogP contribution in [0.2, 0.25) is 0 Å². The molecule has 0 aromatic rings. The highest BCUT2D eigenvalue weighted by Gasteiger charge is 2.09. The summed E-state index contributed by atoms with van der Waals surface area (Å²) in [6.07, 6.45) is 27.9. The van der Waals surface area contributed by atoms with E-state index in [1.165, 1.54) is 140 Å². The number of nitrogens with zero attached hydrogens (tertiary/aromatic N) is 1. The molecule has 0 amide bonds. The minimum Gasteiger partial charge on any atom is -1.00 e. The van der Waals surface area contributed by atoms with E-state index in [0.717, 1.165) is 0 Å². The molecule has 0 aliphatic heterocycles. The summed E-state index contributed by atoms with van der Waals surface area (Å²) < 4.78 is 1.19. The van der Waals surface area contributed by atoms with Gasteiger partial charge in [-0.2, -0.15) is 0 Å². The van der Waals surface area contributed by atoms with Crippen LogP contribution in [0.15, 0.2) is 0 Å². The predicted molar refractivity (Wildman–Crippen MR) is 121 cm³/mol. The molecule has 0 radical (unpaired) electrons. The van der Waals surface area contributed by atoms with Crippen LogP contribution in [0, 0.1) is 0 Å². The van der Waals surface area contributed by atoms with Crippen LogP contribution >= 0.6 is 0 Å². The van der Waals surface area contributed by atoms with E-state index in [1.54, 1.807) is 0 Å². The van der Waals surface area contributed by atoms with Crippen LogP contribution in [0.1, 0.15) is 136 Å². The van der Waals surface area contributed by atoms with Crippen LogP contribution < -0.4 is 12.4 Å². The summed E-state index contributed by atoms with van der Waals surface area (Å²) in [5.41, 5.74) is 0. The molecule has 0 spiro atoms. The highest BCUT2D eigenvalue weighted by Crippen LogP contribution is 2.14. The van der Waals surface area contributed by atoms with E-state index >= 15 is 0 Å². The van der Waals surface area contributed by atoms with Gasteiger partial charge in [0.05, 0.1) is 27.2 Å². The van der Waals surface area contributed by atoms with Crippen molar-refractivity contribution in [1.29, 1.82) is 0 Å². The Morgan fingerprint density at radius 1 is 0.407 bits per heavy atom. The van der Waals surface area contributed by atoms with Gasteiger partial charge in [0, 0.05) is 0 Å². The van der Waals surface area contributed by atoms with Crippen LogP contribution in [0.3, 0.4) is 0 Å². The molecular weight excluding hydrogens is 350 g/mol. The summed E-state index contributed by atoms with van der Waals surface area (Å²) in [6, 6.07) is 0. The molecule has 27 heavy (non-hydrogen) atoms. The average molecular weight is 404 g/mol. The maximum atomic E-state index is 2.36. The molecule has 0 unspecified atom stereocenters. The van der Waals surface area contributed by atoms with E-state index in [9.17, 15) is 0 Å². The number of quaternary nitrogens is 1. The molecule has 1 nitrogen and oxygen atoms in total. The fraction of sp³-hybridized carbons (Fsp3) is 1.00. The number of rotatable bonds is 21. The standard InChI is InChI=1S/C25H54N.ClH/c1-5-7-8-9-10-11-12-13-14-15-16-17-18-19-20-21-22-23-24-25-26(3,4)6-2;/h5-25H2,1-4H3;1H/q+1;/p-1. The SMILES string of the molecule is CCCCCCCCCCCCCCCCCCCCC[N+](C)(C)CC.[Cl-]. The molecule has 2 heteroatoms. The van der Waals surface area contributed by atoms with Gasteiger partial charge in [0.1, 0.15) is 0 Å². The summed E-state index contributed by atoms with van der Waals surface area (Å²) in [5.74, 6) is 0. The Balaban J connectivity index is 0. The molecule has 0 saturated heterocycles. The van der Waals surface area contributed by atoms with Gasteiger partial charge in [-0.15, -0.1) is 0 Å². The van der Waals surface area contributed by atoms with Gasteiger partial charge in [0.2, 0.25) is 0 Å². The maximum Gasteiger partial charge on any atom is 0.0782 e. The molecule has 0 N–H and O–H groups in total. The van der Waals surface area contributed by atoms with E-state index in [0.29, 0.717) is 0 Å². The Labute approximate surface area is 180 Å². The molecule has 0 heterocycles. The van der Waals surface area contributed by atoms with Crippen molar-refractivity contribution in [3.63, 3.8) is 0 Å². The van der Waals surface area contributed by atoms with Gasteiger partial charge in [-0.25, -0.2) is 0 Å². The van der Waals surface area contributed by atoms with Crippen molar-refractivity contribution in [3.8, 4) is 0 Å². The van der Waals surface area contributed by atoms with Crippen LogP contribution in [-0.2, 0) is 0 Å². The smallest absolute Gasteiger partial charge is 0.0782 e. The summed E-state index contributed by atoms with van der Waals surface area (Å²) in [5, 5.41) is 0. The third kappa shape index (κ3) is 24.2. The van der Waals surface area contributed by atoms with Gasteiger partial charge in [0.15, 0.2) is 0 Å². The Hall–Kier alpha value is 0.250. The second kappa shape index (κ2) is 22.5. The normalized spacial score (nSPS) is 11.6. The quantitative estimate of drug-likeness (QED) is 0.175. The first-order valence-corrected chi connectivity index (χ1v) is 12.4. The molecule has 0 aliphatic carbocycles. The summed E-state index contributed by atoms with van der Waals surface area (Å²) in [6.45, 7) is 7.22. The van der Waals surface area contributed by atoms with Crippen molar-refractivity contribution in [2.45, 2.75) is 136 Å². The largest absolute Gasteiger partial charge is 1.00 e. The second-order valence-corrected chi connectivity index (χ2v) is 9.34. The first kappa shape index (κ1) is 29.5. The van der Waals surface area contributed by atoms with E-state index in [2.05, 4.69) is 27.9 Å². The van der Waals surface area contributed by atoms with E-state index in [4.69, 9.17) is 0 Å². The predicted octanol–water partition coefficient (Wildman–Crippen LogP) is 5.52. The number of hydrogen-bond donors (Lipinski definition) is 0. The average Bonchev–Trinajstić information content (AvgIpc) is 2.63. The Morgan fingerprint density at radius 2 is 0.667 bits per heavy atom. The molecule has 0 aliphatic rings. The molecule has 0 saturated carbocycles. The Morgan fingerprint density at radius 3 is 0.926 bits per heavy atom. The van der Waals surface area contributed by atoms with Crippen LogP contribution in [0.4, 0.5) is 0 Å². The molecular formula is C25H54ClN. The third-order valence-electron chi connectivity index (χ3n) is 6.22. The van der Waals surface area contributed by atoms with Gasteiger partial charge in [-0.05, 0) is 19.8 Å². The fourth-order valence-corrected chi connectivity index (χ4v) is 3.78. The van der Waals surface area contributed by atoms with Gasteiger partial charge in [0.25, 0.3) is 0 Å².